The van der Waals surface area contributed by atoms with E-state index in [4.69, 9.17) is 9.47 Å². The maximum Gasteiger partial charge on any atom is 0.262 e. The average molecular weight is 403 g/mol. The molecular formula is C24H25N3O3. The molecule has 154 valence electrons. The summed E-state index contributed by atoms with van der Waals surface area (Å²) in [4.78, 5) is 12.3. The summed E-state index contributed by atoms with van der Waals surface area (Å²) in [6.07, 6.45) is 1.58. The lowest BCUT2D eigenvalue weighted by Crippen LogP contribution is -2.34. The lowest BCUT2D eigenvalue weighted by Gasteiger charge is -2.14. The summed E-state index contributed by atoms with van der Waals surface area (Å²) in [5.41, 5.74) is 5.25. The van der Waals surface area contributed by atoms with E-state index in [2.05, 4.69) is 15.8 Å². The van der Waals surface area contributed by atoms with E-state index >= 15 is 0 Å². The molecule has 6 heteroatoms. The van der Waals surface area contributed by atoms with Crippen LogP contribution in [0, 0.1) is 0 Å². The predicted octanol–water partition coefficient (Wildman–Crippen LogP) is 4.22. The second-order valence-corrected chi connectivity index (χ2v) is 6.64. The molecule has 0 aliphatic rings. The summed E-state index contributed by atoms with van der Waals surface area (Å²) >= 11 is 0. The smallest absolute Gasteiger partial charge is 0.262 e. The standard InChI is InChI=1S/C24H25N3O3/c1-18(26-21-12-14-22(29-2)15-13-21)24(28)27-25-16-20-10-6-7-11-23(20)30-17-19-8-4-3-5-9-19/h3-16,18,26H,17H2,1-2H3,(H,27,28)/t18-/m1/s1. The highest BCUT2D eigenvalue weighted by Crippen LogP contribution is 2.18. The highest BCUT2D eigenvalue weighted by atomic mass is 16.5. The minimum atomic E-state index is -0.458. The van der Waals surface area contributed by atoms with Gasteiger partial charge >= 0.3 is 0 Å². The van der Waals surface area contributed by atoms with Crippen molar-refractivity contribution < 1.29 is 14.3 Å². The molecule has 0 aliphatic heterocycles. The second kappa shape index (κ2) is 10.7. The zero-order chi connectivity index (χ0) is 21.2. The third kappa shape index (κ3) is 6.10. The highest BCUT2D eigenvalue weighted by Gasteiger charge is 2.11. The molecule has 0 saturated carbocycles. The summed E-state index contributed by atoms with van der Waals surface area (Å²) in [6.45, 7) is 2.23. The number of anilines is 1. The van der Waals surface area contributed by atoms with Gasteiger partial charge in [-0.3, -0.25) is 4.79 Å². The molecule has 1 amide bonds. The van der Waals surface area contributed by atoms with E-state index in [1.165, 1.54) is 0 Å². The van der Waals surface area contributed by atoms with Gasteiger partial charge in [0, 0.05) is 11.3 Å². The molecule has 0 fully saturated rings. The summed E-state index contributed by atoms with van der Waals surface area (Å²) in [7, 11) is 1.61. The van der Waals surface area contributed by atoms with Crippen molar-refractivity contribution in [3.63, 3.8) is 0 Å². The maximum absolute atomic E-state index is 12.3. The lowest BCUT2D eigenvalue weighted by molar-refractivity contribution is -0.121. The number of methoxy groups -OCH3 is 1. The molecule has 0 heterocycles. The Morgan fingerprint density at radius 2 is 1.70 bits per heavy atom. The first-order valence-corrected chi connectivity index (χ1v) is 9.65. The molecule has 0 unspecified atom stereocenters. The molecule has 3 rings (SSSR count). The van der Waals surface area contributed by atoms with Crippen molar-refractivity contribution in [2.45, 2.75) is 19.6 Å². The van der Waals surface area contributed by atoms with Gasteiger partial charge in [0.2, 0.25) is 0 Å². The van der Waals surface area contributed by atoms with Gasteiger partial charge in [0.25, 0.3) is 5.91 Å². The SMILES string of the molecule is COc1ccc(N[C@H](C)C(=O)NN=Cc2ccccc2OCc2ccccc2)cc1. The van der Waals surface area contributed by atoms with Gasteiger partial charge in [-0.1, -0.05) is 42.5 Å². The van der Waals surface area contributed by atoms with Crippen LogP contribution in [0.5, 0.6) is 11.5 Å². The minimum absolute atomic E-state index is 0.246. The van der Waals surface area contributed by atoms with Crippen molar-refractivity contribution in [2.24, 2.45) is 5.10 Å². The van der Waals surface area contributed by atoms with E-state index in [9.17, 15) is 4.79 Å². The molecule has 3 aromatic carbocycles. The van der Waals surface area contributed by atoms with Crippen LogP contribution in [0.2, 0.25) is 0 Å². The fourth-order valence-electron chi connectivity index (χ4n) is 2.72. The van der Waals surface area contributed by atoms with Gasteiger partial charge in [0.15, 0.2) is 0 Å². The van der Waals surface area contributed by atoms with Crippen LogP contribution in [-0.4, -0.2) is 25.3 Å². The van der Waals surface area contributed by atoms with Crippen LogP contribution >= 0.6 is 0 Å². The Kier molecular flexibility index (Phi) is 7.44. The van der Waals surface area contributed by atoms with Gasteiger partial charge in [-0.05, 0) is 48.9 Å². The third-order valence-corrected chi connectivity index (χ3v) is 4.40. The van der Waals surface area contributed by atoms with Crippen molar-refractivity contribution >= 4 is 17.8 Å². The second-order valence-electron chi connectivity index (χ2n) is 6.64. The van der Waals surface area contributed by atoms with Gasteiger partial charge in [-0.25, -0.2) is 5.43 Å². The van der Waals surface area contributed by atoms with Crippen LogP contribution in [0.1, 0.15) is 18.1 Å². The zero-order valence-electron chi connectivity index (χ0n) is 17.0. The number of nitrogens with zero attached hydrogens (tertiary/aromatic N) is 1. The Hall–Kier alpha value is -3.80. The number of carbonyl (C=O) groups is 1. The summed E-state index contributed by atoms with van der Waals surface area (Å²) in [5, 5.41) is 7.21. The summed E-state index contributed by atoms with van der Waals surface area (Å²) in [5.74, 6) is 1.21. The normalized spacial score (nSPS) is 11.7. The molecule has 0 spiro atoms. The summed E-state index contributed by atoms with van der Waals surface area (Å²) in [6, 6.07) is 24.4. The largest absolute Gasteiger partial charge is 0.497 e. The van der Waals surface area contributed by atoms with Crippen molar-refractivity contribution in [3.05, 3.63) is 90.0 Å². The Morgan fingerprint density at radius 1 is 1.00 bits per heavy atom. The quantitative estimate of drug-likeness (QED) is 0.414. The lowest BCUT2D eigenvalue weighted by atomic mass is 10.2. The van der Waals surface area contributed by atoms with Crippen LogP contribution < -0.4 is 20.2 Å². The van der Waals surface area contributed by atoms with E-state index in [1.54, 1.807) is 20.2 Å². The van der Waals surface area contributed by atoms with E-state index in [-0.39, 0.29) is 5.91 Å². The number of hydrazone groups is 1. The number of amides is 1. The van der Waals surface area contributed by atoms with E-state index in [0.717, 1.165) is 22.6 Å². The van der Waals surface area contributed by atoms with Gasteiger partial charge in [-0.15, -0.1) is 0 Å². The Labute approximate surface area is 176 Å². The van der Waals surface area contributed by atoms with E-state index in [0.29, 0.717) is 12.4 Å². The van der Waals surface area contributed by atoms with Gasteiger partial charge in [-0.2, -0.15) is 5.10 Å². The number of benzene rings is 3. The molecule has 3 aromatic rings. The molecular weight excluding hydrogens is 378 g/mol. The number of ether oxygens (including phenoxy) is 2. The van der Waals surface area contributed by atoms with Crippen molar-refractivity contribution in [3.8, 4) is 11.5 Å². The van der Waals surface area contributed by atoms with Gasteiger partial charge < -0.3 is 14.8 Å². The minimum Gasteiger partial charge on any atom is -0.497 e. The zero-order valence-corrected chi connectivity index (χ0v) is 17.0. The topological polar surface area (TPSA) is 72.0 Å². The fourth-order valence-corrected chi connectivity index (χ4v) is 2.72. The first-order chi connectivity index (χ1) is 14.7. The number of hydrogen-bond donors (Lipinski definition) is 2. The van der Waals surface area contributed by atoms with Crippen LogP contribution in [0.25, 0.3) is 0 Å². The van der Waals surface area contributed by atoms with Gasteiger partial charge in [0.05, 0.1) is 13.3 Å². The Balaban J connectivity index is 1.54. The van der Waals surface area contributed by atoms with Crippen molar-refractivity contribution in [2.75, 3.05) is 12.4 Å². The Bertz CT molecular complexity index is 973. The molecule has 6 nitrogen and oxygen atoms in total. The average Bonchev–Trinajstić information content (AvgIpc) is 2.79. The van der Waals surface area contributed by atoms with Crippen molar-refractivity contribution in [1.82, 2.24) is 5.43 Å². The molecule has 0 aromatic heterocycles. The van der Waals surface area contributed by atoms with Crippen LogP contribution in [0.3, 0.4) is 0 Å². The molecule has 0 bridgehead atoms. The Morgan fingerprint density at radius 3 is 2.43 bits per heavy atom. The van der Waals surface area contributed by atoms with Gasteiger partial charge in [0.1, 0.15) is 24.1 Å². The molecule has 0 aliphatic carbocycles. The molecule has 2 N–H and O–H groups in total. The number of rotatable bonds is 9. The first-order valence-electron chi connectivity index (χ1n) is 9.65. The summed E-state index contributed by atoms with van der Waals surface area (Å²) < 4.78 is 11.0. The van der Waals surface area contributed by atoms with Crippen LogP contribution in [0.4, 0.5) is 5.69 Å². The number of hydrogen-bond acceptors (Lipinski definition) is 5. The number of carbonyl (C=O) groups excluding carboxylic acids is 1. The monoisotopic (exact) mass is 403 g/mol. The number of para-hydroxylation sites is 1. The first kappa shape index (κ1) is 20.9. The van der Waals surface area contributed by atoms with E-state index < -0.39 is 6.04 Å². The number of nitrogens with one attached hydrogen (secondary N) is 2. The predicted molar refractivity (Wildman–Crippen MR) is 119 cm³/mol. The van der Waals surface area contributed by atoms with Crippen molar-refractivity contribution in [1.29, 1.82) is 0 Å². The highest BCUT2D eigenvalue weighted by molar-refractivity contribution is 5.87. The van der Waals surface area contributed by atoms with E-state index in [1.807, 2.05) is 78.9 Å². The molecule has 0 radical (unpaired) electrons. The van der Waals surface area contributed by atoms with Crippen LogP contribution in [0.15, 0.2) is 84.0 Å². The maximum atomic E-state index is 12.3. The third-order valence-electron chi connectivity index (χ3n) is 4.40. The fraction of sp³-hybridized carbons (Fsp3) is 0.167. The van der Waals surface area contributed by atoms with Crippen LogP contribution in [-0.2, 0) is 11.4 Å². The molecule has 1 atom stereocenters. The molecule has 0 saturated heterocycles. The molecule has 30 heavy (non-hydrogen) atoms.